The second-order valence-electron chi connectivity index (χ2n) is 4.20. The molecule has 22 heavy (non-hydrogen) atoms. The standard InChI is InChI=1S/C15H11ClO5S/c1-21-11-7-8(6-9(16)14(11)18)2-3-10(17)12-4-5-13(22-12)15(19)20/h2-7,18H,1H3,(H,19,20)/p-1/b3-2+. The van der Waals surface area contributed by atoms with Gasteiger partial charge in [0.15, 0.2) is 5.78 Å². The van der Waals surface area contributed by atoms with Gasteiger partial charge in [-0.25, -0.2) is 4.79 Å². The van der Waals surface area contributed by atoms with Gasteiger partial charge in [-0.2, -0.15) is 0 Å². The Morgan fingerprint density at radius 2 is 2.00 bits per heavy atom. The van der Waals surface area contributed by atoms with Gasteiger partial charge in [0.25, 0.3) is 0 Å². The van der Waals surface area contributed by atoms with Crippen molar-refractivity contribution < 1.29 is 24.5 Å². The van der Waals surface area contributed by atoms with Gasteiger partial charge in [0.1, 0.15) is 10.6 Å². The Morgan fingerprint density at radius 1 is 1.32 bits per heavy atom. The van der Waals surface area contributed by atoms with Gasteiger partial charge >= 0.3 is 5.97 Å². The predicted octanol–water partition coefficient (Wildman–Crippen LogP) is 3.08. The lowest BCUT2D eigenvalue weighted by Crippen LogP contribution is -1.96. The zero-order valence-electron chi connectivity index (χ0n) is 11.3. The Bertz CT molecular complexity index is 763. The SMILES string of the molecule is COc1cc(/C=C/C(=O)c2ccc(C(=O)O)s2)cc(Cl)c1[O-]. The summed E-state index contributed by atoms with van der Waals surface area (Å²) in [5.41, 5.74) is 0.532. The summed E-state index contributed by atoms with van der Waals surface area (Å²) in [5, 5.41) is 20.4. The molecule has 1 heterocycles. The van der Waals surface area contributed by atoms with Crippen LogP contribution in [0.3, 0.4) is 0 Å². The highest BCUT2D eigenvalue weighted by Gasteiger charge is 2.10. The molecule has 1 aromatic heterocycles. The zero-order chi connectivity index (χ0) is 16.3. The summed E-state index contributed by atoms with van der Waals surface area (Å²) in [7, 11) is 1.35. The molecule has 0 saturated carbocycles. The van der Waals surface area contributed by atoms with Crippen LogP contribution in [0, 0.1) is 0 Å². The molecule has 1 N–H and O–H groups in total. The summed E-state index contributed by atoms with van der Waals surface area (Å²) in [6, 6.07) is 5.72. The number of hydrogen-bond acceptors (Lipinski definition) is 5. The molecule has 0 bridgehead atoms. The summed E-state index contributed by atoms with van der Waals surface area (Å²) in [5.74, 6) is -1.74. The van der Waals surface area contributed by atoms with Crippen LogP contribution in [0.15, 0.2) is 30.3 Å². The molecule has 0 amide bonds. The molecule has 0 fully saturated rings. The van der Waals surface area contributed by atoms with Crippen molar-refractivity contribution >= 4 is 40.8 Å². The van der Waals surface area contributed by atoms with Crippen molar-refractivity contribution in [3.05, 3.63) is 50.7 Å². The van der Waals surface area contributed by atoms with Crippen molar-refractivity contribution in [1.29, 1.82) is 0 Å². The Kier molecular flexibility index (Phi) is 4.85. The molecule has 0 radical (unpaired) electrons. The Balaban J connectivity index is 2.22. The van der Waals surface area contributed by atoms with Crippen LogP contribution in [0.5, 0.6) is 11.5 Å². The number of benzene rings is 1. The number of carboxylic acids is 1. The first kappa shape index (κ1) is 16.1. The first-order valence-electron chi connectivity index (χ1n) is 6.02. The minimum atomic E-state index is -1.07. The Hall–Kier alpha value is -2.31. The van der Waals surface area contributed by atoms with Crippen LogP contribution in [0.1, 0.15) is 24.9 Å². The highest BCUT2D eigenvalue weighted by Crippen LogP contribution is 2.33. The molecule has 114 valence electrons. The normalized spacial score (nSPS) is 10.8. The fraction of sp³-hybridized carbons (Fsp3) is 0.0667. The quantitative estimate of drug-likeness (QED) is 0.669. The summed E-state index contributed by atoms with van der Waals surface area (Å²) in [6.45, 7) is 0. The van der Waals surface area contributed by atoms with Gasteiger partial charge < -0.3 is 14.9 Å². The Morgan fingerprint density at radius 3 is 2.59 bits per heavy atom. The number of aromatic carboxylic acids is 1. The maximum atomic E-state index is 12.0. The van der Waals surface area contributed by atoms with Gasteiger partial charge in [0.05, 0.1) is 12.0 Å². The molecule has 0 atom stereocenters. The van der Waals surface area contributed by atoms with Gasteiger partial charge in [-0.1, -0.05) is 17.7 Å². The molecule has 5 nitrogen and oxygen atoms in total. The topological polar surface area (TPSA) is 86.7 Å². The van der Waals surface area contributed by atoms with Crippen LogP contribution < -0.4 is 9.84 Å². The molecule has 0 aliphatic rings. The van der Waals surface area contributed by atoms with E-state index < -0.39 is 11.7 Å². The summed E-state index contributed by atoms with van der Waals surface area (Å²) < 4.78 is 4.91. The van der Waals surface area contributed by atoms with E-state index in [4.69, 9.17) is 21.4 Å². The van der Waals surface area contributed by atoms with Gasteiger partial charge in [0.2, 0.25) is 0 Å². The maximum Gasteiger partial charge on any atom is 0.345 e. The minimum Gasteiger partial charge on any atom is -0.869 e. The summed E-state index contributed by atoms with van der Waals surface area (Å²) in [6.07, 6.45) is 2.77. The van der Waals surface area contributed by atoms with Gasteiger partial charge in [0, 0.05) is 5.02 Å². The summed E-state index contributed by atoms with van der Waals surface area (Å²) >= 11 is 6.69. The van der Waals surface area contributed by atoms with Crippen LogP contribution in [0.2, 0.25) is 5.02 Å². The molecule has 0 unspecified atom stereocenters. The second-order valence-corrected chi connectivity index (χ2v) is 5.69. The average Bonchev–Trinajstić information content (AvgIpc) is 2.98. The summed E-state index contributed by atoms with van der Waals surface area (Å²) in [4.78, 5) is 23.2. The highest BCUT2D eigenvalue weighted by molar-refractivity contribution is 7.16. The van der Waals surface area contributed by atoms with E-state index in [2.05, 4.69) is 0 Å². The maximum absolute atomic E-state index is 12.0. The van der Waals surface area contributed by atoms with E-state index in [0.29, 0.717) is 10.4 Å². The van der Waals surface area contributed by atoms with Crippen molar-refractivity contribution in [2.75, 3.05) is 7.11 Å². The van der Waals surface area contributed by atoms with Crippen molar-refractivity contribution in [3.8, 4) is 11.5 Å². The third-order valence-electron chi connectivity index (χ3n) is 2.74. The number of hydrogen-bond donors (Lipinski definition) is 1. The highest BCUT2D eigenvalue weighted by atomic mass is 35.5. The van der Waals surface area contributed by atoms with E-state index in [1.165, 1.54) is 43.5 Å². The number of ketones is 1. The fourth-order valence-electron chi connectivity index (χ4n) is 1.68. The largest absolute Gasteiger partial charge is 0.869 e. The van der Waals surface area contributed by atoms with Crippen molar-refractivity contribution in [3.63, 3.8) is 0 Å². The lowest BCUT2D eigenvalue weighted by Gasteiger charge is -2.14. The Labute approximate surface area is 135 Å². The van der Waals surface area contributed by atoms with E-state index in [-0.39, 0.29) is 21.4 Å². The number of allylic oxidation sites excluding steroid dienone is 1. The van der Waals surface area contributed by atoms with E-state index in [0.717, 1.165) is 11.3 Å². The predicted molar refractivity (Wildman–Crippen MR) is 82.1 cm³/mol. The fourth-order valence-corrected chi connectivity index (χ4v) is 2.66. The van der Waals surface area contributed by atoms with Crippen LogP contribution in [-0.4, -0.2) is 24.0 Å². The third kappa shape index (κ3) is 3.47. The van der Waals surface area contributed by atoms with E-state index in [9.17, 15) is 14.7 Å². The van der Waals surface area contributed by atoms with Gasteiger partial charge in [-0.3, -0.25) is 4.79 Å². The van der Waals surface area contributed by atoms with Crippen molar-refractivity contribution in [2.24, 2.45) is 0 Å². The molecule has 0 saturated heterocycles. The molecule has 7 heteroatoms. The van der Waals surface area contributed by atoms with Crippen LogP contribution in [-0.2, 0) is 0 Å². The molecule has 2 aromatic rings. The van der Waals surface area contributed by atoms with Gasteiger partial charge in [-0.05, 0) is 41.7 Å². The van der Waals surface area contributed by atoms with Crippen LogP contribution in [0.4, 0.5) is 0 Å². The number of ether oxygens (including phenoxy) is 1. The van der Waals surface area contributed by atoms with E-state index >= 15 is 0 Å². The number of carbonyl (C=O) groups is 2. The monoisotopic (exact) mass is 337 g/mol. The zero-order valence-corrected chi connectivity index (χ0v) is 12.9. The number of halogens is 1. The molecular formula is C15H10ClO5S-. The molecule has 0 aliphatic heterocycles. The number of carbonyl (C=O) groups excluding carboxylic acids is 1. The first-order valence-corrected chi connectivity index (χ1v) is 7.22. The smallest absolute Gasteiger partial charge is 0.345 e. The molecule has 1 aromatic carbocycles. The molecule has 0 spiro atoms. The van der Waals surface area contributed by atoms with Crippen LogP contribution in [0.25, 0.3) is 6.08 Å². The molecule has 0 aliphatic carbocycles. The first-order chi connectivity index (χ1) is 10.4. The van der Waals surface area contributed by atoms with E-state index in [1.807, 2.05) is 0 Å². The number of thiophene rings is 1. The average molecular weight is 338 g/mol. The minimum absolute atomic E-state index is 0.00395. The lowest BCUT2D eigenvalue weighted by molar-refractivity contribution is -0.269. The number of carboxylic acid groups (broad SMARTS) is 1. The second kappa shape index (κ2) is 6.64. The number of rotatable bonds is 5. The lowest BCUT2D eigenvalue weighted by atomic mass is 10.1. The van der Waals surface area contributed by atoms with Crippen molar-refractivity contribution in [1.82, 2.24) is 0 Å². The number of methoxy groups -OCH3 is 1. The third-order valence-corrected chi connectivity index (χ3v) is 4.11. The molecule has 2 rings (SSSR count). The van der Waals surface area contributed by atoms with E-state index in [1.54, 1.807) is 0 Å². The molecular weight excluding hydrogens is 328 g/mol. The van der Waals surface area contributed by atoms with Crippen molar-refractivity contribution in [2.45, 2.75) is 0 Å². The van der Waals surface area contributed by atoms with Crippen LogP contribution >= 0.6 is 22.9 Å². The van der Waals surface area contributed by atoms with Gasteiger partial charge in [-0.15, -0.1) is 11.3 Å².